The van der Waals surface area contributed by atoms with Crippen molar-refractivity contribution in [1.82, 2.24) is 9.97 Å². The van der Waals surface area contributed by atoms with Gasteiger partial charge >= 0.3 is 5.97 Å². The summed E-state index contributed by atoms with van der Waals surface area (Å²) in [7, 11) is 0. The predicted octanol–water partition coefficient (Wildman–Crippen LogP) is 2.51. The van der Waals surface area contributed by atoms with Gasteiger partial charge < -0.3 is 15.3 Å². The summed E-state index contributed by atoms with van der Waals surface area (Å²) in [6, 6.07) is 5.51. The first kappa shape index (κ1) is 15.3. The Hall–Kier alpha value is -2.61. The van der Waals surface area contributed by atoms with Crippen LogP contribution in [-0.4, -0.2) is 33.5 Å². The average Bonchev–Trinajstić information content (AvgIpc) is 2.52. The molecule has 8 heteroatoms. The Kier molecular flexibility index (Phi) is 4.16. The fourth-order valence-corrected chi connectivity index (χ4v) is 3.14. The van der Waals surface area contributed by atoms with Crippen molar-refractivity contribution in [2.45, 2.75) is 23.3 Å². The van der Waals surface area contributed by atoms with Crippen LogP contribution >= 0.6 is 11.8 Å². The third-order valence-electron chi connectivity index (χ3n) is 3.33. The number of hydrogen-bond donors (Lipinski definition) is 2. The van der Waals surface area contributed by atoms with Gasteiger partial charge in [0.05, 0.1) is 12.1 Å². The third kappa shape index (κ3) is 3.26. The zero-order valence-electron chi connectivity index (χ0n) is 12.3. The molecule has 1 aromatic carbocycles. The van der Waals surface area contributed by atoms with Crippen molar-refractivity contribution in [3.8, 4) is 0 Å². The lowest BCUT2D eigenvalue weighted by molar-refractivity contribution is -0.136. The van der Waals surface area contributed by atoms with E-state index in [-0.39, 0.29) is 18.9 Å². The standard InChI is InChI=1S/C15H14N4O3S/c1-9(20)19(7-4-13(21)22)10-2-3-12-11(8-10)18-14-15(23-12)17-6-5-16-14/h2-3,5-6,8H,4,7H2,1H3,(H,16,18)(H,21,22). The molecule has 1 amide bonds. The van der Waals surface area contributed by atoms with E-state index >= 15 is 0 Å². The molecule has 1 aliphatic heterocycles. The molecular weight excluding hydrogens is 316 g/mol. The first-order valence-corrected chi connectivity index (χ1v) is 7.76. The van der Waals surface area contributed by atoms with E-state index in [9.17, 15) is 9.59 Å². The van der Waals surface area contributed by atoms with Gasteiger partial charge in [-0.15, -0.1) is 0 Å². The summed E-state index contributed by atoms with van der Waals surface area (Å²) in [5.41, 5.74) is 1.47. The van der Waals surface area contributed by atoms with Gasteiger partial charge in [0.2, 0.25) is 5.91 Å². The highest BCUT2D eigenvalue weighted by atomic mass is 32.2. The SMILES string of the molecule is CC(=O)N(CCC(=O)O)c1ccc2c(c1)Nc1nccnc1S2. The van der Waals surface area contributed by atoms with Crippen molar-refractivity contribution in [3.05, 3.63) is 30.6 Å². The monoisotopic (exact) mass is 330 g/mol. The van der Waals surface area contributed by atoms with Crippen LogP contribution < -0.4 is 10.2 Å². The van der Waals surface area contributed by atoms with Gasteiger partial charge in [-0.3, -0.25) is 9.59 Å². The smallest absolute Gasteiger partial charge is 0.305 e. The number of aromatic nitrogens is 2. The molecule has 0 atom stereocenters. The number of aliphatic carboxylic acids is 1. The molecule has 0 bridgehead atoms. The minimum atomic E-state index is -0.938. The molecule has 0 radical (unpaired) electrons. The number of nitrogens with zero attached hydrogens (tertiary/aromatic N) is 3. The van der Waals surface area contributed by atoms with Gasteiger partial charge in [-0.25, -0.2) is 9.97 Å². The molecule has 0 saturated heterocycles. The number of anilines is 3. The normalized spacial score (nSPS) is 11.9. The Labute approximate surface area is 136 Å². The number of carboxylic acid groups (broad SMARTS) is 1. The summed E-state index contributed by atoms with van der Waals surface area (Å²) in [5.74, 6) is -0.469. The van der Waals surface area contributed by atoms with Crippen LogP contribution in [0, 0.1) is 0 Å². The maximum atomic E-state index is 11.8. The van der Waals surface area contributed by atoms with E-state index in [0.29, 0.717) is 11.5 Å². The van der Waals surface area contributed by atoms with Gasteiger partial charge in [0.15, 0.2) is 5.82 Å². The zero-order chi connectivity index (χ0) is 16.4. The zero-order valence-corrected chi connectivity index (χ0v) is 13.1. The van der Waals surface area contributed by atoms with E-state index in [1.165, 1.54) is 23.6 Å². The Balaban J connectivity index is 1.88. The van der Waals surface area contributed by atoms with Gasteiger partial charge in [0, 0.05) is 36.4 Å². The Morgan fingerprint density at radius 1 is 1.30 bits per heavy atom. The maximum absolute atomic E-state index is 11.8. The van der Waals surface area contributed by atoms with Crippen molar-refractivity contribution >= 4 is 40.8 Å². The molecule has 118 valence electrons. The minimum absolute atomic E-state index is 0.104. The lowest BCUT2D eigenvalue weighted by Crippen LogP contribution is -2.30. The quantitative estimate of drug-likeness (QED) is 0.759. The predicted molar refractivity (Wildman–Crippen MR) is 86.2 cm³/mol. The molecule has 0 saturated carbocycles. The van der Waals surface area contributed by atoms with Crippen LogP contribution in [0.5, 0.6) is 0 Å². The highest BCUT2D eigenvalue weighted by Gasteiger charge is 2.20. The first-order valence-electron chi connectivity index (χ1n) is 6.94. The van der Waals surface area contributed by atoms with Gasteiger partial charge in [0.1, 0.15) is 5.03 Å². The van der Waals surface area contributed by atoms with Crippen molar-refractivity contribution in [1.29, 1.82) is 0 Å². The lowest BCUT2D eigenvalue weighted by atomic mass is 10.2. The molecule has 1 aromatic heterocycles. The number of nitrogens with one attached hydrogen (secondary N) is 1. The molecule has 0 fully saturated rings. The highest BCUT2D eigenvalue weighted by molar-refractivity contribution is 7.99. The van der Waals surface area contributed by atoms with E-state index < -0.39 is 5.97 Å². The summed E-state index contributed by atoms with van der Waals surface area (Å²) in [6.45, 7) is 1.55. The molecule has 0 spiro atoms. The van der Waals surface area contributed by atoms with Crippen LogP contribution in [0.25, 0.3) is 0 Å². The summed E-state index contributed by atoms with van der Waals surface area (Å²) in [5, 5.41) is 12.8. The lowest BCUT2D eigenvalue weighted by Gasteiger charge is -2.24. The van der Waals surface area contributed by atoms with Gasteiger partial charge in [-0.05, 0) is 18.2 Å². The molecule has 23 heavy (non-hydrogen) atoms. The summed E-state index contributed by atoms with van der Waals surface area (Å²) < 4.78 is 0. The molecule has 2 heterocycles. The van der Waals surface area contributed by atoms with E-state index in [2.05, 4.69) is 15.3 Å². The Morgan fingerprint density at radius 3 is 2.83 bits per heavy atom. The third-order valence-corrected chi connectivity index (χ3v) is 4.40. The second-order valence-electron chi connectivity index (χ2n) is 4.93. The minimum Gasteiger partial charge on any atom is -0.481 e. The van der Waals surface area contributed by atoms with Gasteiger partial charge in [-0.2, -0.15) is 0 Å². The number of carbonyl (C=O) groups excluding carboxylic acids is 1. The number of carboxylic acids is 1. The second kappa shape index (κ2) is 6.25. The average molecular weight is 330 g/mol. The molecule has 0 aliphatic carbocycles. The van der Waals surface area contributed by atoms with Crippen molar-refractivity contribution in [3.63, 3.8) is 0 Å². The summed E-state index contributed by atoms with van der Waals surface area (Å²) >= 11 is 1.50. The number of fused-ring (bicyclic) bond motifs is 2. The molecule has 2 N–H and O–H groups in total. The molecule has 1 aliphatic rings. The molecule has 7 nitrogen and oxygen atoms in total. The van der Waals surface area contributed by atoms with E-state index in [1.54, 1.807) is 18.5 Å². The molecule has 0 unspecified atom stereocenters. The van der Waals surface area contributed by atoms with E-state index in [0.717, 1.165) is 15.6 Å². The fourth-order valence-electron chi connectivity index (χ4n) is 2.27. The van der Waals surface area contributed by atoms with E-state index in [4.69, 9.17) is 5.11 Å². The number of amides is 1. The van der Waals surface area contributed by atoms with Crippen molar-refractivity contribution in [2.24, 2.45) is 0 Å². The largest absolute Gasteiger partial charge is 0.481 e. The van der Waals surface area contributed by atoms with Crippen molar-refractivity contribution < 1.29 is 14.7 Å². The maximum Gasteiger partial charge on any atom is 0.305 e. The van der Waals surface area contributed by atoms with Crippen LogP contribution in [0.2, 0.25) is 0 Å². The number of rotatable bonds is 4. The molecular formula is C15H14N4O3S. The van der Waals surface area contributed by atoms with Crippen LogP contribution in [0.1, 0.15) is 13.3 Å². The van der Waals surface area contributed by atoms with Crippen LogP contribution in [0.3, 0.4) is 0 Å². The Bertz CT molecular complexity index is 781. The fraction of sp³-hybridized carbons (Fsp3) is 0.200. The first-order chi connectivity index (χ1) is 11.0. The second-order valence-corrected chi connectivity index (χ2v) is 5.96. The highest BCUT2D eigenvalue weighted by Crippen LogP contribution is 2.43. The van der Waals surface area contributed by atoms with Crippen molar-refractivity contribution in [2.75, 3.05) is 16.8 Å². The number of hydrogen-bond acceptors (Lipinski definition) is 6. The molecule has 2 aromatic rings. The van der Waals surface area contributed by atoms with Crippen LogP contribution in [-0.2, 0) is 9.59 Å². The topological polar surface area (TPSA) is 95.4 Å². The van der Waals surface area contributed by atoms with Crippen LogP contribution in [0.4, 0.5) is 17.2 Å². The van der Waals surface area contributed by atoms with E-state index in [1.807, 2.05) is 12.1 Å². The van der Waals surface area contributed by atoms with Gasteiger partial charge in [0.25, 0.3) is 0 Å². The Morgan fingerprint density at radius 2 is 2.09 bits per heavy atom. The van der Waals surface area contributed by atoms with Crippen LogP contribution in [0.15, 0.2) is 40.5 Å². The number of benzene rings is 1. The summed E-state index contributed by atoms with van der Waals surface area (Å²) in [6.07, 6.45) is 3.14. The summed E-state index contributed by atoms with van der Waals surface area (Å²) in [4.78, 5) is 33.5. The van der Waals surface area contributed by atoms with Gasteiger partial charge in [-0.1, -0.05) is 11.8 Å². The number of carbonyl (C=O) groups is 2. The molecule has 3 rings (SSSR count).